The fourth-order valence-corrected chi connectivity index (χ4v) is 1.65. The Bertz CT molecular complexity index is 393. The molecule has 1 aromatic carbocycles. The lowest BCUT2D eigenvalue weighted by Gasteiger charge is -2.23. The normalized spacial score (nSPS) is 15.7. The summed E-state index contributed by atoms with van der Waals surface area (Å²) in [5.74, 6) is 0.266. The lowest BCUT2D eigenvalue weighted by atomic mass is 9.80. The summed E-state index contributed by atoms with van der Waals surface area (Å²) in [6.45, 7) is 0. The standard InChI is InChI=1S/C11H11NO3/c13-11(8-2-1-3-8)9-4-6-10(7-5-9)12(14)15/h4-8H,1-3H2. The molecule has 1 aliphatic rings. The number of Topliss-reactive ketones (excluding diaryl/α,β-unsaturated/α-hetero) is 1. The molecule has 1 aliphatic carbocycles. The molecule has 0 N–H and O–H groups in total. The largest absolute Gasteiger partial charge is 0.294 e. The minimum Gasteiger partial charge on any atom is -0.294 e. The van der Waals surface area contributed by atoms with Crippen molar-refractivity contribution in [2.45, 2.75) is 19.3 Å². The lowest BCUT2D eigenvalue weighted by molar-refractivity contribution is -0.384. The fourth-order valence-electron chi connectivity index (χ4n) is 1.65. The number of ketones is 1. The van der Waals surface area contributed by atoms with Gasteiger partial charge < -0.3 is 0 Å². The van der Waals surface area contributed by atoms with Crippen molar-refractivity contribution in [1.82, 2.24) is 0 Å². The molecule has 0 aromatic heterocycles. The molecule has 15 heavy (non-hydrogen) atoms. The molecule has 4 nitrogen and oxygen atoms in total. The topological polar surface area (TPSA) is 60.2 Å². The number of nitro groups is 1. The number of rotatable bonds is 3. The molecule has 0 amide bonds. The number of hydrogen-bond donors (Lipinski definition) is 0. The number of carbonyl (C=O) groups excluding carboxylic acids is 1. The average Bonchev–Trinajstić information content (AvgIpc) is 2.15. The molecule has 0 saturated heterocycles. The van der Waals surface area contributed by atoms with Gasteiger partial charge in [-0.1, -0.05) is 6.42 Å². The van der Waals surface area contributed by atoms with Gasteiger partial charge in [-0.3, -0.25) is 14.9 Å². The van der Waals surface area contributed by atoms with Crippen molar-refractivity contribution in [2.24, 2.45) is 5.92 Å². The zero-order valence-electron chi connectivity index (χ0n) is 8.18. The third kappa shape index (κ3) is 1.88. The first-order chi connectivity index (χ1) is 7.18. The first-order valence-electron chi connectivity index (χ1n) is 4.97. The Labute approximate surface area is 87.1 Å². The molecule has 1 aromatic rings. The number of nitro benzene ring substituents is 1. The highest BCUT2D eigenvalue weighted by atomic mass is 16.6. The maximum atomic E-state index is 11.7. The van der Waals surface area contributed by atoms with Gasteiger partial charge in [0.15, 0.2) is 5.78 Å². The summed E-state index contributed by atoms with van der Waals surface area (Å²) in [4.78, 5) is 21.7. The predicted octanol–water partition coefficient (Wildman–Crippen LogP) is 2.58. The van der Waals surface area contributed by atoms with E-state index in [0.717, 1.165) is 19.3 Å². The molecule has 1 saturated carbocycles. The Morgan fingerprint density at radius 1 is 1.27 bits per heavy atom. The van der Waals surface area contributed by atoms with Crippen LogP contribution in [0.2, 0.25) is 0 Å². The van der Waals surface area contributed by atoms with Gasteiger partial charge in [0.25, 0.3) is 5.69 Å². The highest BCUT2D eigenvalue weighted by Gasteiger charge is 2.26. The van der Waals surface area contributed by atoms with Crippen LogP contribution >= 0.6 is 0 Å². The maximum absolute atomic E-state index is 11.7. The zero-order valence-corrected chi connectivity index (χ0v) is 8.18. The van der Waals surface area contributed by atoms with Gasteiger partial charge in [-0.15, -0.1) is 0 Å². The molecule has 0 atom stereocenters. The molecule has 0 bridgehead atoms. The van der Waals surface area contributed by atoms with Gasteiger partial charge >= 0.3 is 0 Å². The second kappa shape index (κ2) is 3.81. The van der Waals surface area contributed by atoms with Crippen molar-refractivity contribution in [1.29, 1.82) is 0 Å². The first-order valence-corrected chi connectivity index (χ1v) is 4.97. The summed E-state index contributed by atoms with van der Waals surface area (Å²) >= 11 is 0. The molecular formula is C11H11NO3. The van der Waals surface area contributed by atoms with Gasteiger partial charge in [0.1, 0.15) is 0 Å². The van der Waals surface area contributed by atoms with Gasteiger partial charge in [0.2, 0.25) is 0 Å². The maximum Gasteiger partial charge on any atom is 0.269 e. The number of nitrogens with zero attached hydrogens (tertiary/aromatic N) is 1. The van der Waals surface area contributed by atoms with E-state index in [1.54, 1.807) is 12.1 Å². The van der Waals surface area contributed by atoms with Crippen LogP contribution in [-0.4, -0.2) is 10.7 Å². The third-order valence-corrected chi connectivity index (χ3v) is 2.84. The molecule has 1 fully saturated rings. The smallest absolute Gasteiger partial charge is 0.269 e. The van der Waals surface area contributed by atoms with Crippen LogP contribution in [0.5, 0.6) is 0 Å². The molecule has 4 heteroatoms. The Balaban J connectivity index is 2.15. The Kier molecular flexibility index (Phi) is 2.49. The summed E-state index contributed by atoms with van der Waals surface area (Å²) in [6, 6.07) is 5.84. The van der Waals surface area contributed by atoms with Gasteiger partial charge in [-0.2, -0.15) is 0 Å². The van der Waals surface area contributed by atoms with E-state index in [1.165, 1.54) is 12.1 Å². The van der Waals surface area contributed by atoms with Crippen molar-refractivity contribution >= 4 is 11.5 Å². The molecule has 0 unspecified atom stereocenters. The van der Waals surface area contributed by atoms with Crippen LogP contribution in [0.4, 0.5) is 5.69 Å². The van der Waals surface area contributed by atoms with Gasteiger partial charge in [-0.05, 0) is 25.0 Å². The number of carbonyl (C=O) groups is 1. The van der Waals surface area contributed by atoms with E-state index in [4.69, 9.17) is 0 Å². The molecule has 0 spiro atoms. The quantitative estimate of drug-likeness (QED) is 0.433. The van der Waals surface area contributed by atoms with E-state index in [0.29, 0.717) is 5.56 Å². The minimum absolute atomic E-state index is 0.0279. The number of non-ortho nitro benzene ring substituents is 1. The molecule has 0 aliphatic heterocycles. The SMILES string of the molecule is O=C(c1ccc([N+](=O)[O-])cc1)C1CCC1. The Morgan fingerprint density at radius 3 is 2.27 bits per heavy atom. The van der Waals surface area contributed by atoms with Crippen LogP contribution in [0.15, 0.2) is 24.3 Å². The van der Waals surface area contributed by atoms with Crippen LogP contribution in [0.1, 0.15) is 29.6 Å². The number of benzene rings is 1. The van der Waals surface area contributed by atoms with Gasteiger partial charge in [0.05, 0.1) is 4.92 Å². The van der Waals surface area contributed by atoms with Crippen molar-refractivity contribution in [3.8, 4) is 0 Å². The summed E-state index contributed by atoms with van der Waals surface area (Å²) in [6.07, 6.45) is 3.02. The minimum atomic E-state index is -0.461. The lowest BCUT2D eigenvalue weighted by Crippen LogP contribution is -2.21. The van der Waals surface area contributed by atoms with Crippen LogP contribution in [-0.2, 0) is 0 Å². The van der Waals surface area contributed by atoms with E-state index in [-0.39, 0.29) is 17.4 Å². The highest BCUT2D eigenvalue weighted by Crippen LogP contribution is 2.30. The molecule has 78 valence electrons. The monoisotopic (exact) mass is 205 g/mol. The predicted molar refractivity (Wildman–Crippen MR) is 54.8 cm³/mol. The average molecular weight is 205 g/mol. The molecule has 0 heterocycles. The molecular weight excluding hydrogens is 194 g/mol. The van der Waals surface area contributed by atoms with Gasteiger partial charge in [0, 0.05) is 23.6 Å². The van der Waals surface area contributed by atoms with Crippen LogP contribution in [0.25, 0.3) is 0 Å². The second-order valence-corrected chi connectivity index (χ2v) is 3.80. The van der Waals surface area contributed by atoms with Gasteiger partial charge in [-0.25, -0.2) is 0 Å². The first kappa shape index (κ1) is 9.83. The van der Waals surface area contributed by atoms with Crippen molar-refractivity contribution < 1.29 is 9.72 Å². The van der Waals surface area contributed by atoms with Crippen molar-refractivity contribution in [2.75, 3.05) is 0 Å². The molecule has 0 radical (unpaired) electrons. The summed E-state index contributed by atoms with van der Waals surface area (Å²) in [7, 11) is 0. The fraction of sp³-hybridized carbons (Fsp3) is 0.364. The summed E-state index contributed by atoms with van der Waals surface area (Å²) in [5, 5.41) is 10.4. The zero-order chi connectivity index (χ0) is 10.8. The highest BCUT2D eigenvalue weighted by molar-refractivity contribution is 5.98. The molecule has 2 rings (SSSR count). The Hall–Kier alpha value is -1.71. The van der Waals surface area contributed by atoms with Crippen LogP contribution < -0.4 is 0 Å². The summed E-state index contributed by atoms with van der Waals surface area (Å²) < 4.78 is 0. The van der Waals surface area contributed by atoms with Crippen molar-refractivity contribution in [3.63, 3.8) is 0 Å². The third-order valence-electron chi connectivity index (χ3n) is 2.84. The Morgan fingerprint density at radius 2 is 1.87 bits per heavy atom. The van der Waals surface area contributed by atoms with E-state index in [2.05, 4.69) is 0 Å². The number of hydrogen-bond acceptors (Lipinski definition) is 3. The van der Waals surface area contributed by atoms with E-state index >= 15 is 0 Å². The summed E-state index contributed by atoms with van der Waals surface area (Å²) in [5.41, 5.74) is 0.616. The van der Waals surface area contributed by atoms with Crippen LogP contribution in [0, 0.1) is 16.0 Å². The van der Waals surface area contributed by atoms with Crippen molar-refractivity contribution in [3.05, 3.63) is 39.9 Å². The van der Waals surface area contributed by atoms with Crippen LogP contribution in [0.3, 0.4) is 0 Å². The van der Waals surface area contributed by atoms with E-state index in [9.17, 15) is 14.9 Å². The second-order valence-electron chi connectivity index (χ2n) is 3.80. The van der Waals surface area contributed by atoms with E-state index in [1.807, 2.05) is 0 Å². The van der Waals surface area contributed by atoms with E-state index < -0.39 is 4.92 Å².